The second kappa shape index (κ2) is 6.39. The minimum Gasteiger partial charge on any atom is -0.357 e. The van der Waals surface area contributed by atoms with Gasteiger partial charge in [-0.15, -0.1) is 0 Å². The van der Waals surface area contributed by atoms with Gasteiger partial charge in [0.25, 0.3) is 0 Å². The van der Waals surface area contributed by atoms with E-state index in [1.807, 2.05) is 24.4 Å². The summed E-state index contributed by atoms with van der Waals surface area (Å²) in [6.45, 7) is 1.74. The predicted octanol–water partition coefficient (Wildman–Crippen LogP) is 1.85. The number of hydrogen-bond acceptors (Lipinski definition) is 6. The topological polar surface area (TPSA) is 68.9 Å². The summed E-state index contributed by atoms with van der Waals surface area (Å²) < 4.78 is 0. The van der Waals surface area contributed by atoms with Crippen LogP contribution in [0.4, 0.5) is 11.6 Å². The van der Waals surface area contributed by atoms with E-state index in [9.17, 15) is 0 Å². The minimum absolute atomic E-state index is 0.402. The van der Waals surface area contributed by atoms with E-state index in [1.54, 1.807) is 12.4 Å². The van der Waals surface area contributed by atoms with Crippen LogP contribution < -0.4 is 9.80 Å². The van der Waals surface area contributed by atoms with E-state index in [0.717, 1.165) is 31.7 Å². The predicted molar refractivity (Wildman–Crippen MR) is 84.6 cm³/mol. The zero-order valence-electron chi connectivity index (χ0n) is 12.6. The molecule has 1 saturated heterocycles. The Labute approximate surface area is 130 Å². The van der Waals surface area contributed by atoms with Crippen LogP contribution >= 0.6 is 0 Å². The standard InChI is InChI=1S/C16H18N6/c1-21(15-4-2-3-7-19-15)13-5-10-22(11-6-13)16-14(12-17)18-8-9-20-16/h2-4,7-9,13H,5-6,10-11H2,1H3. The molecule has 1 aliphatic rings. The first-order valence-corrected chi connectivity index (χ1v) is 7.39. The molecule has 0 spiro atoms. The summed E-state index contributed by atoms with van der Waals surface area (Å²) in [7, 11) is 2.09. The molecule has 1 aliphatic heterocycles. The van der Waals surface area contributed by atoms with Crippen molar-refractivity contribution in [3.8, 4) is 6.07 Å². The van der Waals surface area contributed by atoms with Gasteiger partial charge >= 0.3 is 0 Å². The normalized spacial score (nSPS) is 15.4. The molecule has 112 valence electrons. The van der Waals surface area contributed by atoms with E-state index in [-0.39, 0.29) is 0 Å². The number of rotatable bonds is 3. The number of nitrogens with zero attached hydrogens (tertiary/aromatic N) is 6. The Bertz CT molecular complexity index is 658. The highest BCUT2D eigenvalue weighted by molar-refractivity contribution is 5.50. The number of nitriles is 1. The van der Waals surface area contributed by atoms with E-state index >= 15 is 0 Å². The third kappa shape index (κ3) is 2.84. The molecule has 6 heteroatoms. The summed E-state index contributed by atoms with van der Waals surface area (Å²) >= 11 is 0. The van der Waals surface area contributed by atoms with Crippen molar-refractivity contribution in [1.29, 1.82) is 5.26 Å². The summed E-state index contributed by atoms with van der Waals surface area (Å²) in [5, 5.41) is 9.14. The van der Waals surface area contributed by atoms with E-state index in [4.69, 9.17) is 5.26 Å². The minimum atomic E-state index is 0.402. The van der Waals surface area contributed by atoms with Crippen LogP contribution in [0.25, 0.3) is 0 Å². The SMILES string of the molecule is CN(c1ccccn1)C1CCN(c2nccnc2C#N)CC1. The van der Waals surface area contributed by atoms with Gasteiger partial charge in [0.2, 0.25) is 0 Å². The molecule has 0 saturated carbocycles. The number of hydrogen-bond donors (Lipinski definition) is 0. The van der Waals surface area contributed by atoms with E-state index < -0.39 is 0 Å². The number of anilines is 2. The maximum atomic E-state index is 9.14. The van der Waals surface area contributed by atoms with Crippen molar-refractivity contribution in [3.05, 3.63) is 42.5 Å². The van der Waals surface area contributed by atoms with Gasteiger partial charge in [0.05, 0.1) is 0 Å². The van der Waals surface area contributed by atoms with Crippen LogP contribution in [-0.4, -0.2) is 41.1 Å². The number of aromatic nitrogens is 3. The molecule has 0 unspecified atom stereocenters. The van der Waals surface area contributed by atoms with Gasteiger partial charge in [0, 0.05) is 44.8 Å². The van der Waals surface area contributed by atoms with Crippen molar-refractivity contribution in [2.24, 2.45) is 0 Å². The van der Waals surface area contributed by atoms with Crippen LogP contribution in [0.1, 0.15) is 18.5 Å². The molecule has 0 aliphatic carbocycles. The lowest BCUT2D eigenvalue weighted by Gasteiger charge is -2.37. The second-order valence-corrected chi connectivity index (χ2v) is 5.36. The quantitative estimate of drug-likeness (QED) is 0.860. The van der Waals surface area contributed by atoms with Crippen LogP contribution in [0.2, 0.25) is 0 Å². The smallest absolute Gasteiger partial charge is 0.183 e. The summed E-state index contributed by atoms with van der Waals surface area (Å²) in [6, 6.07) is 8.53. The lowest BCUT2D eigenvalue weighted by Crippen LogP contribution is -2.44. The fourth-order valence-electron chi connectivity index (χ4n) is 2.86. The van der Waals surface area contributed by atoms with Gasteiger partial charge in [-0.2, -0.15) is 5.26 Å². The van der Waals surface area contributed by atoms with Gasteiger partial charge in [-0.05, 0) is 25.0 Å². The van der Waals surface area contributed by atoms with Gasteiger partial charge in [0.1, 0.15) is 11.9 Å². The summed E-state index contributed by atoms with van der Waals surface area (Å²) in [6.07, 6.45) is 7.04. The third-order valence-corrected chi connectivity index (χ3v) is 4.11. The summed E-state index contributed by atoms with van der Waals surface area (Å²) in [5.74, 6) is 1.70. The molecule has 2 aromatic heterocycles. The van der Waals surface area contributed by atoms with Crippen LogP contribution in [0.15, 0.2) is 36.8 Å². The molecule has 0 N–H and O–H groups in total. The van der Waals surface area contributed by atoms with Crippen molar-refractivity contribution in [3.63, 3.8) is 0 Å². The molecule has 2 aromatic rings. The van der Waals surface area contributed by atoms with Crippen LogP contribution in [0.3, 0.4) is 0 Å². The molecule has 0 bridgehead atoms. The van der Waals surface area contributed by atoms with Crippen molar-refractivity contribution in [2.75, 3.05) is 29.9 Å². The Kier molecular flexibility index (Phi) is 4.15. The average molecular weight is 294 g/mol. The first-order valence-electron chi connectivity index (χ1n) is 7.39. The van der Waals surface area contributed by atoms with Crippen molar-refractivity contribution in [1.82, 2.24) is 15.0 Å². The molecule has 0 atom stereocenters. The highest BCUT2D eigenvalue weighted by Crippen LogP contribution is 2.24. The van der Waals surface area contributed by atoms with Crippen LogP contribution in [0, 0.1) is 11.3 Å². The monoisotopic (exact) mass is 294 g/mol. The fourth-order valence-corrected chi connectivity index (χ4v) is 2.86. The van der Waals surface area contributed by atoms with E-state index in [2.05, 4.69) is 37.9 Å². The van der Waals surface area contributed by atoms with E-state index in [0.29, 0.717) is 17.6 Å². The summed E-state index contributed by atoms with van der Waals surface area (Å²) in [5.41, 5.74) is 0.402. The summed E-state index contributed by atoms with van der Waals surface area (Å²) in [4.78, 5) is 17.2. The molecule has 6 nitrogen and oxygen atoms in total. The third-order valence-electron chi connectivity index (χ3n) is 4.11. The molecule has 3 heterocycles. The van der Waals surface area contributed by atoms with Crippen molar-refractivity contribution in [2.45, 2.75) is 18.9 Å². The van der Waals surface area contributed by atoms with Gasteiger partial charge in [0.15, 0.2) is 11.5 Å². The Hall–Kier alpha value is -2.68. The molecule has 1 fully saturated rings. The van der Waals surface area contributed by atoms with Gasteiger partial charge in [-0.3, -0.25) is 0 Å². The number of pyridine rings is 1. The highest BCUT2D eigenvalue weighted by atomic mass is 15.2. The molecule has 0 aromatic carbocycles. The average Bonchev–Trinajstić information content (AvgIpc) is 2.62. The Morgan fingerprint density at radius 3 is 2.59 bits per heavy atom. The van der Waals surface area contributed by atoms with Crippen molar-refractivity contribution < 1.29 is 0 Å². The fraction of sp³-hybridized carbons (Fsp3) is 0.375. The Morgan fingerprint density at radius 1 is 1.14 bits per heavy atom. The Morgan fingerprint density at radius 2 is 1.91 bits per heavy atom. The maximum Gasteiger partial charge on any atom is 0.183 e. The second-order valence-electron chi connectivity index (χ2n) is 5.36. The number of piperidine rings is 1. The molecular weight excluding hydrogens is 276 g/mol. The van der Waals surface area contributed by atoms with Gasteiger partial charge in [-0.1, -0.05) is 6.07 Å². The van der Waals surface area contributed by atoms with E-state index in [1.165, 1.54) is 0 Å². The van der Waals surface area contributed by atoms with Crippen LogP contribution in [-0.2, 0) is 0 Å². The first-order chi connectivity index (χ1) is 10.8. The lowest BCUT2D eigenvalue weighted by atomic mass is 10.0. The molecule has 22 heavy (non-hydrogen) atoms. The largest absolute Gasteiger partial charge is 0.357 e. The zero-order chi connectivity index (χ0) is 15.4. The van der Waals surface area contributed by atoms with Crippen molar-refractivity contribution >= 4 is 11.6 Å². The van der Waals surface area contributed by atoms with Gasteiger partial charge in [-0.25, -0.2) is 15.0 Å². The lowest BCUT2D eigenvalue weighted by molar-refractivity contribution is 0.477. The Balaban J connectivity index is 1.67. The molecular formula is C16H18N6. The zero-order valence-corrected chi connectivity index (χ0v) is 12.6. The van der Waals surface area contributed by atoms with Gasteiger partial charge < -0.3 is 9.80 Å². The molecule has 0 amide bonds. The first kappa shape index (κ1) is 14.3. The molecule has 3 rings (SSSR count). The van der Waals surface area contributed by atoms with Crippen LogP contribution in [0.5, 0.6) is 0 Å². The maximum absolute atomic E-state index is 9.14. The highest BCUT2D eigenvalue weighted by Gasteiger charge is 2.25. The molecule has 0 radical (unpaired) electrons.